The van der Waals surface area contributed by atoms with Gasteiger partial charge in [0.1, 0.15) is 0 Å². The highest BCUT2D eigenvalue weighted by atomic mass is 28.4. The molecule has 0 aromatic rings. The molecule has 2 aliphatic rings. The maximum Gasteiger partial charge on any atom is 0.334 e. The van der Waals surface area contributed by atoms with Gasteiger partial charge in [-0.25, -0.2) is 0 Å². The van der Waals surface area contributed by atoms with Crippen molar-refractivity contribution >= 4 is 8.56 Å². The third-order valence-electron chi connectivity index (χ3n) is 5.14. The molecule has 2 aliphatic carbocycles. The molecule has 0 saturated heterocycles. The third-order valence-corrected chi connectivity index (χ3v) is 8.13. The van der Waals surface area contributed by atoms with E-state index in [1.807, 2.05) is 0 Å². The Bertz CT molecular complexity index is 258. The molecule has 2 bridgehead atoms. The third kappa shape index (κ3) is 3.56. The van der Waals surface area contributed by atoms with Crippen LogP contribution in [0.5, 0.6) is 0 Å². The van der Waals surface area contributed by atoms with Gasteiger partial charge < -0.3 is 14.2 Å². The maximum absolute atomic E-state index is 5.50. The van der Waals surface area contributed by atoms with Crippen LogP contribution in [0.1, 0.15) is 32.1 Å². The molecule has 0 amide bonds. The summed E-state index contributed by atoms with van der Waals surface area (Å²) in [7, 11) is 1.72. The highest BCUT2D eigenvalue weighted by molar-refractivity contribution is 6.65. The lowest BCUT2D eigenvalue weighted by Crippen LogP contribution is -2.37. The van der Waals surface area contributed by atoms with Crippen LogP contribution in [-0.4, -0.2) is 35.9 Å². The van der Waals surface area contributed by atoms with E-state index in [4.69, 9.17) is 8.85 Å². The van der Waals surface area contributed by atoms with Crippen molar-refractivity contribution in [2.24, 2.45) is 17.8 Å². The molecule has 2 fully saturated rings. The van der Waals surface area contributed by atoms with Crippen LogP contribution in [-0.2, 0) is 8.85 Å². The van der Waals surface area contributed by atoms with Gasteiger partial charge in [-0.05, 0) is 69.1 Å². The van der Waals surface area contributed by atoms with Gasteiger partial charge in [-0.1, -0.05) is 6.42 Å². The molecule has 106 valence electrons. The van der Waals surface area contributed by atoms with E-state index in [2.05, 4.69) is 11.9 Å². The molecule has 0 spiro atoms. The fraction of sp³-hybridized carbons (Fsp3) is 1.00. The minimum absolute atomic E-state index is 0.970. The zero-order valence-corrected chi connectivity index (χ0v) is 13.2. The number of nitrogens with one attached hydrogen (secondary N) is 1. The molecule has 0 heterocycles. The molecule has 0 aromatic carbocycles. The van der Waals surface area contributed by atoms with Crippen molar-refractivity contribution in [3.8, 4) is 0 Å². The van der Waals surface area contributed by atoms with Crippen molar-refractivity contribution in [1.82, 2.24) is 5.32 Å². The molecule has 0 aromatic heterocycles. The summed E-state index contributed by atoms with van der Waals surface area (Å²) in [6.45, 7) is 4.49. The number of fused-ring (bicyclic) bond motifs is 2. The molecule has 2 saturated carbocycles. The smallest absolute Gasteiger partial charge is 0.334 e. The van der Waals surface area contributed by atoms with Gasteiger partial charge in [0.2, 0.25) is 0 Å². The van der Waals surface area contributed by atoms with Gasteiger partial charge in [0.15, 0.2) is 0 Å². The van der Waals surface area contributed by atoms with Crippen LogP contribution in [0.25, 0.3) is 0 Å². The zero-order chi connectivity index (χ0) is 13.0. The summed E-state index contributed by atoms with van der Waals surface area (Å²) in [5.74, 6) is 3.08. The van der Waals surface area contributed by atoms with Crippen molar-refractivity contribution in [3.63, 3.8) is 0 Å². The van der Waals surface area contributed by atoms with Crippen LogP contribution in [0.3, 0.4) is 0 Å². The van der Waals surface area contributed by atoms with E-state index in [9.17, 15) is 0 Å². The van der Waals surface area contributed by atoms with Crippen LogP contribution in [0.4, 0.5) is 0 Å². The molecule has 4 heteroatoms. The Hall–Kier alpha value is 0.0969. The van der Waals surface area contributed by atoms with Crippen LogP contribution in [0.15, 0.2) is 0 Å². The zero-order valence-electron chi connectivity index (χ0n) is 12.2. The highest BCUT2D eigenvalue weighted by Gasteiger charge is 2.38. The van der Waals surface area contributed by atoms with Crippen molar-refractivity contribution in [1.29, 1.82) is 0 Å². The van der Waals surface area contributed by atoms with Gasteiger partial charge in [-0.2, -0.15) is 0 Å². The fourth-order valence-electron chi connectivity index (χ4n) is 3.74. The second kappa shape index (κ2) is 6.50. The molecule has 18 heavy (non-hydrogen) atoms. The first-order valence-corrected chi connectivity index (χ1v) is 10.0. The second-order valence-corrected chi connectivity index (χ2v) is 9.87. The average Bonchev–Trinajstić information content (AvgIpc) is 3.00. The van der Waals surface area contributed by atoms with Gasteiger partial charge in [0, 0.05) is 14.2 Å². The normalized spacial score (nSPS) is 31.2. The Balaban J connectivity index is 1.54. The predicted octanol–water partition coefficient (Wildman–Crippen LogP) is 2.77. The van der Waals surface area contributed by atoms with Crippen LogP contribution >= 0.6 is 0 Å². The van der Waals surface area contributed by atoms with Gasteiger partial charge >= 0.3 is 8.56 Å². The van der Waals surface area contributed by atoms with E-state index in [0.717, 1.165) is 30.3 Å². The first-order chi connectivity index (χ1) is 8.67. The Morgan fingerprint density at radius 3 is 2.50 bits per heavy atom. The average molecular weight is 271 g/mol. The van der Waals surface area contributed by atoms with E-state index in [1.54, 1.807) is 14.2 Å². The summed E-state index contributed by atoms with van der Waals surface area (Å²) in [5, 5.41) is 3.64. The summed E-state index contributed by atoms with van der Waals surface area (Å²) in [4.78, 5) is 0. The van der Waals surface area contributed by atoms with Gasteiger partial charge in [0.05, 0.1) is 0 Å². The van der Waals surface area contributed by atoms with Crippen LogP contribution < -0.4 is 5.32 Å². The van der Waals surface area contributed by atoms with Crippen molar-refractivity contribution in [2.45, 2.75) is 44.7 Å². The lowest BCUT2D eigenvalue weighted by Gasteiger charge is -2.24. The van der Waals surface area contributed by atoms with Gasteiger partial charge in [-0.15, -0.1) is 0 Å². The largest absolute Gasteiger partial charge is 0.398 e. The number of hydrogen-bond donors (Lipinski definition) is 1. The summed E-state index contributed by atoms with van der Waals surface area (Å²) in [6.07, 6.45) is 7.18. The number of rotatable bonds is 8. The summed E-state index contributed by atoms with van der Waals surface area (Å²) in [6, 6.07) is 1.09. The lowest BCUT2D eigenvalue weighted by molar-refractivity contribution is 0.248. The maximum atomic E-state index is 5.50. The van der Waals surface area contributed by atoms with Gasteiger partial charge in [-0.3, -0.25) is 0 Å². The molecule has 3 nitrogen and oxygen atoms in total. The van der Waals surface area contributed by atoms with Crippen LogP contribution in [0, 0.1) is 17.8 Å². The monoisotopic (exact) mass is 271 g/mol. The Morgan fingerprint density at radius 1 is 1.17 bits per heavy atom. The van der Waals surface area contributed by atoms with E-state index in [1.165, 1.54) is 38.6 Å². The molecule has 0 radical (unpaired) electrons. The minimum Gasteiger partial charge on any atom is -0.398 e. The predicted molar refractivity (Wildman–Crippen MR) is 76.9 cm³/mol. The molecular formula is C14H29NO2Si. The first-order valence-electron chi connectivity index (χ1n) is 7.48. The quantitative estimate of drug-likeness (QED) is 0.544. The summed E-state index contributed by atoms with van der Waals surface area (Å²) < 4.78 is 11.0. The lowest BCUT2D eigenvalue weighted by atomic mass is 9.89. The Morgan fingerprint density at radius 2 is 1.94 bits per heavy atom. The van der Waals surface area contributed by atoms with Crippen molar-refractivity contribution < 1.29 is 8.85 Å². The number of hydrogen-bond acceptors (Lipinski definition) is 3. The minimum atomic E-state index is -1.83. The highest BCUT2D eigenvalue weighted by Crippen LogP contribution is 2.47. The van der Waals surface area contributed by atoms with E-state index in [-0.39, 0.29) is 0 Å². The first kappa shape index (κ1) is 14.5. The van der Waals surface area contributed by atoms with Crippen molar-refractivity contribution in [2.75, 3.05) is 27.3 Å². The fourth-order valence-corrected chi connectivity index (χ4v) is 5.13. The van der Waals surface area contributed by atoms with Gasteiger partial charge in [0.25, 0.3) is 0 Å². The van der Waals surface area contributed by atoms with E-state index in [0.29, 0.717) is 0 Å². The molecule has 2 rings (SSSR count). The van der Waals surface area contributed by atoms with Crippen molar-refractivity contribution in [3.05, 3.63) is 0 Å². The van der Waals surface area contributed by atoms with E-state index >= 15 is 0 Å². The molecular weight excluding hydrogens is 242 g/mol. The summed E-state index contributed by atoms with van der Waals surface area (Å²) in [5.41, 5.74) is 0. The molecule has 1 N–H and O–H groups in total. The topological polar surface area (TPSA) is 30.5 Å². The summed E-state index contributed by atoms with van der Waals surface area (Å²) >= 11 is 0. The Labute approximate surface area is 113 Å². The standard InChI is InChI=1S/C14H29NO2Si/c1-16-18(3,17-2)8-4-7-15-11-14-10-12-5-6-13(14)9-12/h12-15H,4-11H2,1-3H3. The molecule has 0 aliphatic heterocycles. The second-order valence-electron chi connectivity index (χ2n) is 6.28. The molecule has 3 unspecified atom stereocenters. The molecule has 3 atom stereocenters. The van der Waals surface area contributed by atoms with E-state index < -0.39 is 8.56 Å². The Kier molecular flexibility index (Phi) is 5.24. The van der Waals surface area contributed by atoms with Crippen LogP contribution in [0.2, 0.25) is 12.6 Å². The SMILES string of the molecule is CO[Si](C)(CCCNCC1CC2CCC1C2)OC.